The number of rotatable bonds is 4. The quantitative estimate of drug-likeness (QED) is 0.772. The highest BCUT2D eigenvalue weighted by molar-refractivity contribution is 5.08. The fourth-order valence-corrected chi connectivity index (χ4v) is 2.59. The van der Waals surface area contributed by atoms with Crippen LogP contribution in [-0.4, -0.2) is 23.0 Å². The number of piperidine rings is 1. The van der Waals surface area contributed by atoms with Crippen molar-refractivity contribution >= 4 is 0 Å². The third-order valence-corrected chi connectivity index (χ3v) is 3.53. The van der Waals surface area contributed by atoms with Crippen LogP contribution < -0.4 is 0 Å². The van der Waals surface area contributed by atoms with E-state index in [0.29, 0.717) is 0 Å². The maximum atomic E-state index is 4.17. The van der Waals surface area contributed by atoms with Gasteiger partial charge in [-0.1, -0.05) is 25.8 Å². The van der Waals surface area contributed by atoms with Crippen molar-refractivity contribution in [3.05, 3.63) is 30.1 Å². The van der Waals surface area contributed by atoms with Crippen molar-refractivity contribution in [3.63, 3.8) is 0 Å². The molecule has 0 amide bonds. The van der Waals surface area contributed by atoms with E-state index >= 15 is 0 Å². The van der Waals surface area contributed by atoms with Gasteiger partial charge in [0.1, 0.15) is 0 Å². The molecule has 1 fully saturated rings. The average molecular weight is 218 g/mol. The smallest absolute Gasteiger partial charge is 0.0312 e. The Balaban J connectivity index is 1.77. The lowest BCUT2D eigenvalue weighted by molar-refractivity contribution is 0.171. The summed E-state index contributed by atoms with van der Waals surface area (Å²) < 4.78 is 0. The summed E-state index contributed by atoms with van der Waals surface area (Å²) in [6, 6.07) is 4.20. The van der Waals surface area contributed by atoms with Crippen LogP contribution in [0.3, 0.4) is 0 Å². The van der Waals surface area contributed by atoms with Crippen molar-refractivity contribution in [3.8, 4) is 0 Å². The molecule has 88 valence electrons. The van der Waals surface area contributed by atoms with Crippen molar-refractivity contribution < 1.29 is 0 Å². The molecule has 2 heteroatoms. The van der Waals surface area contributed by atoms with Crippen LogP contribution in [0.1, 0.15) is 38.2 Å². The predicted octanol–water partition coefficient (Wildman–Crippen LogP) is 3.09. The highest BCUT2D eigenvalue weighted by Gasteiger charge is 2.18. The molecule has 1 aliphatic heterocycles. The van der Waals surface area contributed by atoms with Gasteiger partial charge in [0.25, 0.3) is 0 Å². The average Bonchev–Trinajstić information content (AvgIpc) is 2.33. The first kappa shape index (κ1) is 11.6. The van der Waals surface area contributed by atoms with E-state index < -0.39 is 0 Å². The molecule has 0 aliphatic carbocycles. The topological polar surface area (TPSA) is 16.1 Å². The summed E-state index contributed by atoms with van der Waals surface area (Å²) in [5.74, 6) is 0.982. The van der Waals surface area contributed by atoms with Gasteiger partial charge in [0.15, 0.2) is 0 Å². The second-order valence-corrected chi connectivity index (χ2v) is 4.87. The van der Waals surface area contributed by atoms with Crippen molar-refractivity contribution in [2.45, 2.75) is 39.2 Å². The second-order valence-electron chi connectivity index (χ2n) is 4.87. The van der Waals surface area contributed by atoms with E-state index in [2.05, 4.69) is 22.9 Å². The SMILES string of the molecule is CCCC1CCN(Cc2cccnc2)CC1. The summed E-state index contributed by atoms with van der Waals surface area (Å²) in [5, 5.41) is 0. The van der Waals surface area contributed by atoms with E-state index in [9.17, 15) is 0 Å². The molecule has 1 aliphatic rings. The normalized spacial score (nSPS) is 18.8. The number of pyridine rings is 1. The van der Waals surface area contributed by atoms with Crippen LogP contribution in [0, 0.1) is 5.92 Å². The Labute approximate surface area is 98.7 Å². The van der Waals surface area contributed by atoms with Crippen LogP contribution >= 0.6 is 0 Å². The molecule has 2 heterocycles. The lowest BCUT2D eigenvalue weighted by Crippen LogP contribution is -2.33. The summed E-state index contributed by atoms with van der Waals surface area (Å²) in [4.78, 5) is 6.73. The lowest BCUT2D eigenvalue weighted by Gasteiger charge is -2.31. The van der Waals surface area contributed by atoms with Gasteiger partial charge in [-0.2, -0.15) is 0 Å². The third kappa shape index (κ3) is 3.31. The zero-order valence-corrected chi connectivity index (χ0v) is 10.2. The molecule has 2 rings (SSSR count). The molecule has 16 heavy (non-hydrogen) atoms. The minimum absolute atomic E-state index is 0.982. The molecular formula is C14H22N2. The molecule has 0 radical (unpaired) electrons. The predicted molar refractivity (Wildman–Crippen MR) is 67.1 cm³/mol. The first-order valence-electron chi connectivity index (χ1n) is 6.49. The molecule has 0 bridgehead atoms. The number of hydrogen-bond donors (Lipinski definition) is 0. The van der Waals surface area contributed by atoms with Crippen LogP contribution in [-0.2, 0) is 6.54 Å². The first-order chi connectivity index (χ1) is 7.88. The van der Waals surface area contributed by atoms with Gasteiger partial charge in [-0.25, -0.2) is 0 Å². The van der Waals surface area contributed by atoms with E-state index in [1.165, 1.54) is 44.3 Å². The molecule has 0 atom stereocenters. The van der Waals surface area contributed by atoms with Crippen LogP contribution in [0.2, 0.25) is 0 Å². The highest BCUT2D eigenvalue weighted by Crippen LogP contribution is 2.22. The zero-order valence-electron chi connectivity index (χ0n) is 10.2. The van der Waals surface area contributed by atoms with Gasteiger partial charge in [-0.15, -0.1) is 0 Å². The van der Waals surface area contributed by atoms with Gasteiger partial charge in [-0.05, 0) is 43.5 Å². The maximum absolute atomic E-state index is 4.17. The number of likely N-dealkylation sites (tertiary alicyclic amines) is 1. The van der Waals surface area contributed by atoms with Crippen LogP contribution in [0.5, 0.6) is 0 Å². The van der Waals surface area contributed by atoms with Crippen molar-refractivity contribution in [2.24, 2.45) is 5.92 Å². The van der Waals surface area contributed by atoms with Gasteiger partial charge in [0.2, 0.25) is 0 Å². The molecule has 2 nitrogen and oxygen atoms in total. The number of aromatic nitrogens is 1. The monoisotopic (exact) mass is 218 g/mol. The summed E-state index contributed by atoms with van der Waals surface area (Å²) in [6.07, 6.45) is 9.35. The summed E-state index contributed by atoms with van der Waals surface area (Å²) in [5.41, 5.74) is 1.34. The van der Waals surface area contributed by atoms with E-state index in [1.54, 1.807) is 0 Å². The molecule has 0 spiro atoms. The van der Waals surface area contributed by atoms with Crippen LogP contribution in [0.15, 0.2) is 24.5 Å². The molecule has 1 saturated heterocycles. The fraction of sp³-hybridized carbons (Fsp3) is 0.643. The summed E-state index contributed by atoms with van der Waals surface area (Å²) in [7, 11) is 0. The van der Waals surface area contributed by atoms with Crippen molar-refractivity contribution in [1.82, 2.24) is 9.88 Å². The maximum Gasteiger partial charge on any atom is 0.0312 e. The number of nitrogens with zero attached hydrogens (tertiary/aromatic N) is 2. The van der Waals surface area contributed by atoms with E-state index in [-0.39, 0.29) is 0 Å². The zero-order chi connectivity index (χ0) is 11.2. The minimum atomic E-state index is 0.982. The Morgan fingerprint density at radius 2 is 2.19 bits per heavy atom. The number of hydrogen-bond acceptors (Lipinski definition) is 2. The second kappa shape index (κ2) is 6.00. The molecule has 0 saturated carbocycles. The Morgan fingerprint density at radius 1 is 1.38 bits per heavy atom. The molecule has 1 aromatic heterocycles. The van der Waals surface area contributed by atoms with Crippen molar-refractivity contribution in [1.29, 1.82) is 0 Å². The largest absolute Gasteiger partial charge is 0.299 e. The van der Waals surface area contributed by atoms with Crippen LogP contribution in [0.25, 0.3) is 0 Å². The first-order valence-corrected chi connectivity index (χ1v) is 6.49. The van der Waals surface area contributed by atoms with E-state index in [1.807, 2.05) is 18.5 Å². The molecule has 0 unspecified atom stereocenters. The molecule has 1 aromatic rings. The van der Waals surface area contributed by atoms with Gasteiger partial charge in [-0.3, -0.25) is 9.88 Å². The van der Waals surface area contributed by atoms with E-state index in [0.717, 1.165) is 12.5 Å². The van der Waals surface area contributed by atoms with Crippen molar-refractivity contribution in [2.75, 3.05) is 13.1 Å². The van der Waals surface area contributed by atoms with Gasteiger partial charge >= 0.3 is 0 Å². The Morgan fingerprint density at radius 3 is 2.81 bits per heavy atom. The fourth-order valence-electron chi connectivity index (χ4n) is 2.59. The Bertz CT molecular complexity index is 289. The lowest BCUT2D eigenvalue weighted by atomic mass is 9.92. The summed E-state index contributed by atoms with van der Waals surface area (Å²) >= 11 is 0. The van der Waals surface area contributed by atoms with Gasteiger partial charge < -0.3 is 0 Å². The summed E-state index contributed by atoms with van der Waals surface area (Å²) in [6.45, 7) is 5.90. The van der Waals surface area contributed by atoms with Crippen LogP contribution in [0.4, 0.5) is 0 Å². The Hall–Kier alpha value is -0.890. The third-order valence-electron chi connectivity index (χ3n) is 3.53. The molecule has 0 N–H and O–H groups in total. The Kier molecular flexibility index (Phi) is 4.34. The van der Waals surface area contributed by atoms with E-state index in [4.69, 9.17) is 0 Å². The van der Waals surface area contributed by atoms with Gasteiger partial charge in [0.05, 0.1) is 0 Å². The van der Waals surface area contributed by atoms with Gasteiger partial charge in [0, 0.05) is 18.9 Å². The minimum Gasteiger partial charge on any atom is -0.299 e. The molecule has 0 aromatic carbocycles. The highest BCUT2D eigenvalue weighted by atomic mass is 15.1. The molecular weight excluding hydrogens is 196 g/mol. The standard InChI is InChI=1S/C14H22N2/c1-2-4-13-6-9-16(10-7-13)12-14-5-3-8-15-11-14/h3,5,8,11,13H,2,4,6-7,9-10,12H2,1H3.